The molecule has 0 radical (unpaired) electrons. The van der Waals surface area contributed by atoms with Crippen LogP contribution in [0.1, 0.15) is 48.9 Å². The van der Waals surface area contributed by atoms with Gasteiger partial charge in [-0.05, 0) is 37.5 Å². The van der Waals surface area contributed by atoms with Crippen molar-refractivity contribution in [3.8, 4) is 0 Å². The molecule has 0 atom stereocenters. The van der Waals surface area contributed by atoms with E-state index in [0.29, 0.717) is 43.7 Å². The normalized spacial score (nSPS) is 17.8. The summed E-state index contributed by atoms with van der Waals surface area (Å²) in [4.78, 5) is 25.9. The van der Waals surface area contributed by atoms with E-state index in [1.54, 1.807) is 4.90 Å². The van der Waals surface area contributed by atoms with Gasteiger partial charge in [0.15, 0.2) is 0 Å². The summed E-state index contributed by atoms with van der Waals surface area (Å²) in [6.07, 6.45) is 1.78. The summed E-state index contributed by atoms with van der Waals surface area (Å²) in [5, 5.41) is 3.48. The maximum atomic E-state index is 12.7. The number of aryl methyl sites for hydroxylation is 1. The quantitative estimate of drug-likeness (QED) is 0.714. The molecule has 2 aromatic rings. The molecule has 1 N–H and O–H groups in total. The molecule has 0 spiro atoms. The first-order valence-corrected chi connectivity index (χ1v) is 11.6. The minimum atomic E-state index is -4.37. The van der Waals surface area contributed by atoms with Crippen LogP contribution in [0.25, 0.3) is 0 Å². The molecule has 1 aliphatic carbocycles. The van der Waals surface area contributed by atoms with Crippen LogP contribution in [0.4, 0.5) is 24.9 Å². The number of anilines is 2. The third-order valence-electron chi connectivity index (χ3n) is 6.37. The van der Waals surface area contributed by atoms with Gasteiger partial charge in [0.25, 0.3) is 0 Å². The van der Waals surface area contributed by atoms with E-state index in [9.17, 15) is 18.0 Å². The van der Waals surface area contributed by atoms with Crippen molar-refractivity contribution in [2.45, 2.75) is 57.7 Å². The predicted molar refractivity (Wildman–Crippen MR) is 121 cm³/mol. The molecule has 178 valence electrons. The third-order valence-corrected chi connectivity index (χ3v) is 6.37. The lowest BCUT2D eigenvalue weighted by molar-refractivity contribution is -0.137. The van der Waals surface area contributed by atoms with E-state index in [1.165, 1.54) is 31.4 Å². The molecule has 1 saturated heterocycles. The number of amides is 1. The van der Waals surface area contributed by atoms with Gasteiger partial charge in [0.2, 0.25) is 11.9 Å². The summed E-state index contributed by atoms with van der Waals surface area (Å²) in [5.74, 6) is 1.45. The SMILES string of the molecule is Cc1cc(N2CCN(C(=O)Cc3ccc(C(F)(F)F)cc3)CC2)nc(NC2CCCCC2)n1. The molecule has 6 nitrogen and oxygen atoms in total. The van der Waals surface area contributed by atoms with Crippen LogP contribution in [0.2, 0.25) is 0 Å². The molecule has 1 amide bonds. The maximum Gasteiger partial charge on any atom is 0.416 e. The molecular formula is C24H30F3N5O. The van der Waals surface area contributed by atoms with Crippen molar-refractivity contribution in [3.63, 3.8) is 0 Å². The molecule has 1 saturated carbocycles. The van der Waals surface area contributed by atoms with E-state index in [1.807, 2.05) is 13.0 Å². The number of nitrogens with zero attached hydrogens (tertiary/aromatic N) is 4. The van der Waals surface area contributed by atoms with Gasteiger partial charge in [0, 0.05) is 44.0 Å². The van der Waals surface area contributed by atoms with Crippen molar-refractivity contribution >= 4 is 17.7 Å². The Kier molecular flexibility index (Phi) is 7.05. The van der Waals surface area contributed by atoms with Gasteiger partial charge >= 0.3 is 6.18 Å². The summed E-state index contributed by atoms with van der Waals surface area (Å²) in [5.41, 5.74) is 0.782. The number of nitrogens with one attached hydrogen (secondary N) is 1. The highest BCUT2D eigenvalue weighted by molar-refractivity contribution is 5.79. The molecule has 2 heterocycles. The van der Waals surface area contributed by atoms with E-state index in [4.69, 9.17) is 4.98 Å². The lowest BCUT2D eigenvalue weighted by Gasteiger charge is -2.35. The average molecular weight is 462 g/mol. The van der Waals surface area contributed by atoms with Gasteiger partial charge in [0.1, 0.15) is 5.82 Å². The lowest BCUT2D eigenvalue weighted by atomic mass is 9.96. The Hall–Kier alpha value is -2.84. The topological polar surface area (TPSA) is 61.4 Å². The number of alkyl halides is 3. The first-order chi connectivity index (χ1) is 15.8. The fraction of sp³-hybridized carbons (Fsp3) is 0.542. The molecule has 1 aromatic carbocycles. The number of benzene rings is 1. The summed E-state index contributed by atoms with van der Waals surface area (Å²) < 4.78 is 38.2. The van der Waals surface area contributed by atoms with Crippen molar-refractivity contribution in [1.29, 1.82) is 0 Å². The van der Waals surface area contributed by atoms with Crippen LogP contribution in [0.15, 0.2) is 30.3 Å². The van der Waals surface area contributed by atoms with E-state index in [2.05, 4.69) is 15.2 Å². The summed E-state index contributed by atoms with van der Waals surface area (Å²) in [7, 11) is 0. The number of piperazine rings is 1. The first-order valence-electron chi connectivity index (χ1n) is 11.6. The largest absolute Gasteiger partial charge is 0.416 e. The van der Waals surface area contributed by atoms with Gasteiger partial charge in [-0.2, -0.15) is 18.2 Å². The van der Waals surface area contributed by atoms with Crippen LogP contribution in [0.5, 0.6) is 0 Å². The lowest BCUT2D eigenvalue weighted by Crippen LogP contribution is -2.49. The molecule has 9 heteroatoms. The smallest absolute Gasteiger partial charge is 0.353 e. The molecule has 2 fully saturated rings. The standard InChI is InChI=1S/C24H30F3N5O/c1-17-15-21(30-23(28-17)29-20-5-3-2-4-6-20)31-11-13-32(14-12-31)22(33)16-18-7-9-19(10-8-18)24(25,26)27/h7-10,15,20H,2-6,11-14,16H2,1H3,(H,28,29,30). The van der Waals surface area contributed by atoms with Crippen LogP contribution in [-0.4, -0.2) is 53.0 Å². The first kappa shape index (κ1) is 23.3. The van der Waals surface area contributed by atoms with E-state index < -0.39 is 11.7 Å². The Balaban J connectivity index is 1.32. The number of carbonyl (C=O) groups is 1. The Morgan fingerprint density at radius 1 is 1.03 bits per heavy atom. The molecule has 1 aromatic heterocycles. The van der Waals surface area contributed by atoms with E-state index in [0.717, 1.165) is 36.5 Å². The van der Waals surface area contributed by atoms with Crippen molar-refractivity contribution in [1.82, 2.24) is 14.9 Å². The van der Waals surface area contributed by atoms with Crippen LogP contribution in [0.3, 0.4) is 0 Å². The molecule has 2 aliphatic rings. The highest BCUT2D eigenvalue weighted by Crippen LogP contribution is 2.29. The highest BCUT2D eigenvalue weighted by Gasteiger charge is 2.30. The zero-order valence-electron chi connectivity index (χ0n) is 18.9. The summed E-state index contributed by atoms with van der Waals surface area (Å²) in [6, 6.07) is 7.19. The second-order valence-electron chi connectivity index (χ2n) is 8.91. The van der Waals surface area contributed by atoms with Gasteiger partial charge in [-0.25, -0.2) is 4.98 Å². The fourth-order valence-electron chi connectivity index (χ4n) is 4.49. The average Bonchev–Trinajstić information content (AvgIpc) is 2.79. The van der Waals surface area contributed by atoms with Crippen molar-refractivity contribution in [2.24, 2.45) is 0 Å². The van der Waals surface area contributed by atoms with Gasteiger partial charge in [0.05, 0.1) is 12.0 Å². The number of halogens is 3. The van der Waals surface area contributed by atoms with E-state index >= 15 is 0 Å². The molecule has 0 unspecified atom stereocenters. The van der Waals surface area contributed by atoms with Crippen LogP contribution in [0, 0.1) is 6.92 Å². The van der Waals surface area contributed by atoms with Crippen molar-refractivity contribution in [2.75, 3.05) is 36.4 Å². The number of carbonyl (C=O) groups excluding carboxylic acids is 1. The molecule has 0 bridgehead atoms. The van der Waals surface area contributed by atoms with Crippen LogP contribution in [-0.2, 0) is 17.4 Å². The monoisotopic (exact) mass is 461 g/mol. The van der Waals surface area contributed by atoms with Crippen molar-refractivity contribution < 1.29 is 18.0 Å². The Morgan fingerprint density at radius 2 is 1.70 bits per heavy atom. The zero-order chi connectivity index (χ0) is 23.4. The second-order valence-corrected chi connectivity index (χ2v) is 8.91. The number of hydrogen-bond donors (Lipinski definition) is 1. The van der Waals surface area contributed by atoms with Gasteiger partial charge in [-0.15, -0.1) is 0 Å². The molecule has 1 aliphatic heterocycles. The minimum Gasteiger partial charge on any atom is -0.353 e. The third kappa shape index (κ3) is 6.15. The number of hydrogen-bond acceptors (Lipinski definition) is 5. The number of aromatic nitrogens is 2. The molecule has 4 rings (SSSR count). The fourth-order valence-corrected chi connectivity index (χ4v) is 4.49. The van der Waals surface area contributed by atoms with Crippen LogP contribution < -0.4 is 10.2 Å². The summed E-state index contributed by atoms with van der Waals surface area (Å²) in [6.45, 7) is 4.36. The predicted octanol–water partition coefficient (Wildman–Crippen LogP) is 4.44. The molecular weight excluding hydrogens is 431 g/mol. The Morgan fingerprint density at radius 3 is 2.33 bits per heavy atom. The van der Waals surface area contributed by atoms with Gasteiger partial charge in [-0.1, -0.05) is 31.4 Å². The Labute approximate surface area is 192 Å². The maximum absolute atomic E-state index is 12.7. The summed E-state index contributed by atoms with van der Waals surface area (Å²) >= 11 is 0. The second kappa shape index (κ2) is 9.97. The van der Waals surface area contributed by atoms with Crippen molar-refractivity contribution in [3.05, 3.63) is 47.2 Å². The molecule has 33 heavy (non-hydrogen) atoms. The zero-order valence-corrected chi connectivity index (χ0v) is 18.9. The highest BCUT2D eigenvalue weighted by atomic mass is 19.4. The van der Waals surface area contributed by atoms with E-state index in [-0.39, 0.29) is 12.3 Å². The van der Waals surface area contributed by atoms with Gasteiger partial charge < -0.3 is 15.1 Å². The Bertz CT molecular complexity index is 950. The minimum absolute atomic E-state index is 0.0760. The van der Waals surface area contributed by atoms with Crippen LogP contribution >= 0.6 is 0 Å². The number of rotatable bonds is 5. The van der Waals surface area contributed by atoms with Gasteiger partial charge in [-0.3, -0.25) is 4.79 Å².